The van der Waals surface area contributed by atoms with E-state index in [0.29, 0.717) is 50.0 Å². The fourth-order valence-electron chi connectivity index (χ4n) is 5.47. The van der Waals surface area contributed by atoms with E-state index in [-0.39, 0.29) is 37.0 Å². The summed E-state index contributed by atoms with van der Waals surface area (Å²) in [5.74, 6) is -1.48. The molecule has 3 heterocycles. The first-order chi connectivity index (χ1) is 19.2. The van der Waals surface area contributed by atoms with E-state index >= 15 is 0 Å². The van der Waals surface area contributed by atoms with Crippen LogP contribution in [0.15, 0.2) is 53.1 Å². The number of hydrogen-bond donors (Lipinski definition) is 1. The number of fused-ring (bicyclic) bond motifs is 3. The first-order valence-corrected chi connectivity index (χ1v) is 12.8. The van der Waals surface area contributed by atoms with Crippen molar-refractivity contribution in [3.63, 3.8) is 0 Å². The number of aryl methyl sites for hydroxylation is 2. The zero-order valence-electron chi connectivity index (χ0n) is 22.0. The Balaban J connectivity index is 1.65. The number of benzene rings is 3. The molecule has 7 nitrogen and oxygen atoms in total. The summed E-state index contributed by atoms with van der Waals surface area (Å²) in [6, 6.07) is 12.1. The molecule has 0 radical (unpaired) electrons. The Kier molecular flexibility index (Phi) is 6.13. The number of aromatic nitrogens is 2. The van der Waals surface area contributed by atoms with Crippen LogP contribution < -0.4 is 5.32 Å². The van der Waals surface area contributed by atoms with Crippen molar-refractivity contribution in [2.45, 2.75) is 26.6 Å². The first kappa shape index (κ1) is 25.7. The van der Waals surface area contributed by atoms with Gasteiger partial charge in [-0.15, -0.1) is 0 Å². The van der Waals surface area contributed by atoms with Crippen molar-refractivity contribution in [1.29, 1.82) is 0 Å². The number of hydrogen-bond acceptors (Lipinski definition) is 4. The average molecular weight is 547 g/mol. The van der Waals surface area contributed by atoms with Gasteiger partial charge in [0.25, 0.3) is 11.8 Å². The van der Waals surface area contributed by atoms with E-state index in [0.717, 1.165) is 11.6 Å². The van der Waals surface area contributed by atoms with Gasteiger partial charge in [0.05, 0.1) is 30.8 Å². The number of nitrogens with one attached hydrogen (secondary N) is 1. The topological polar surface area (TPSA) is 80.4 Å². The molecule has 10 heteroatoms. The molecule has 6 rings (SSSR count). The van der Waals surface area contributed by atoms with E-state index < -0.39 is 17.8 Å². The lowest BCUT2D eigenvalue weighted by Crippen LogP contribution is -2.51. The smallest absolute Gasteiger partial charge is 0.254 e. The highest BCUT2D eigenvalue weighted by Crippen LogP contribution is 2.38. The van der Waals surface area contributed by atoms with E-state index in [4.69, 9.17) is 4.52 Å². The maximum Gasteiger partial charge on any atom is 0.254 e. The Bertz CT molecular complexity index is 1820. The van der Waals surface area contributed by atoms with Crippen molar-refractivity contribution in [3.05, 3.63) is 88.3 Å². The molecule has 0 bridgehead atoms. The second kappa shape index (κ2) is 9.55. The molecule has 0 spiro atoms. The predicted molar refractivity (Wildman–Crippen MR) is 144 cm³/mol. The predicted octanol–water partition coefficient (Wildman–Crippen LogP) is 5.55. The highest BCUT2D eigenvalue weighted by atomic mass is 19.1. The Hall–Kier alpha value is -4.60. The largest absolute Gasteiger partial charge is 0.361 e. The van der Waals surface area contributed by atoms with Crippen LogP contribution in [0.25, 0.3) is 32.9 Å². The van der Waals surface area contributed by atoms with Crippen LogP contribution in [0.5, 0.6) is 0 Å². The van der Waals surface area contributed by atoms with Gasteiger partial charge < -0.3 is 19.3 Å². The molecule has 204 valence electrons. The minimum absolute atomic E-state index is 0.0345. The van der Waals surface area contributed by atoms with E-state index in [9.17, 15) is 22.8 Å². The lowest BCUT2D eigenvalue weighted by Gasteiger charge is -2.34. The Morgan fingerprint density at radius 3 is 2.48 bits per heavy atom. The number of likely N-dealkylation sites (tertiary alicyclic amines) is 1. The molecular formula is C30H25F3N4O3. The van der Waals surface area contributed by atoms with Gasteiger partial charge in [-0.3, -0.25) is 9.59 Å². The summed E-state index contributed by atoms with van der Waals surface area (Å²) in [7, 11) is 1.52. The van der Waals surface area contributed by atoms with Gasteiger partial charge >= 0.3 is 0 Å². The van der Waals surface area contributed by atoms with Crippen LogP contribution in [-0.4, -0.2) is 52.7 Å². The summed E-state index contributed by atoms with van der Waals surface area (Å²) in [5, 5.41) is 7.90. The molecule has 0 aliphatic carbocycles. The highest BCUT2D eigenvalue weighted by Gasteiger charge is 2.31. The minimum Gasteiger partial charge on any atom is -0.361 e. The summed E-state index contributed by atoms with van der Waals surface area (Å²) < 4.78 is 49.2. The maximum absolute atomic E-state index is 14.8. The molecule has 1 aliphatic heterocycles. The summed E-state index contributed by atoms with van der Waals surface area (Å²) in [6.45, 7) is 3.68. The van der Waals surface area contributed by atoms with E-state index in [1.165, 1.54) is 24.1 Å². The van der Waals surface area contributed by atoms with Gasteiger partial charge in [0.2, 0.25) is 0 Å². The number of nitrogens with zero attached hydrogens (tertiary/aromatic N) is 3. The fraction of sp³-hybridized carbons (Fsp3) is 0.233. The zero-order valence-corrected chi connectivity index (χ0v) is 22.0. The van der Waals surface area contributed by atoms with Crippen LogP contribution in [0.1, 0.15) is 37.7 Å². The van der Waals surface area contributed by atoms with Crippen LogP contribution in [0.3, 0.4) is 0 Å². The molecule has 40 heavy (non-hydrogen) atoms. The maximum atomic E-state index is 14.8. The highest BCUT2D eigenvalue weighted by molar-refractivity contribution is 6.20. The first-order valence-electron chi connectivity index (χ1n) is 12.8. The van der Waals surface area contributed by atoms with Gasteiger partial charge in [0.1, 0.15) is 23.6 Å². The number of carbonyl (C=O) groups is 2. The lowest BCUT2D eigenvalue weighted by atomic mass is 9.96. The molecule has 2 aromatic heterocycles. The number of carbonyl (C=O) groups excluding carboxylic acids is 2. The van der Waals surface area contributed by atoms with Gasteiger partial charge in [-0.25, -0.2) is 13.2 Å². The number of alkyl halides is 1. The Labute approximate surface area is 227 Å². The Morgan fingerprint density at radius 1 is 1.05 bits per heavy atom. The molecule has 2 amide bonds. The summed E-state index contributed by atoms with van der Waals surface area (Å²) in [6.07, 6.45) is -1.04. The van der Waals surface area contributed by atoms with Gasteiger partial charge in [-0.1, -0.05) is 11.2 Å². The lowest BCUT2D eigenvalue weighted by molar-refractivity contribution is 0.0400. The van der Waals surface area contributed by atoms with E-state index in [1.54, 1.807) is 38.1 Å². The van der Waals surface area contributed by atoms with Crippen LogP contribution in [0, 0.1) is 25.5 Å². The van der Waals surface area contributed by atoms with E-state index in [1.807, 2.05) is 10.6 Å². The fourth-order valence-corrected chi connectivity index (χ4v) is 5.47. The third-order valence-corrected chi connectivity index (χ3v) is 7.47. The quantitative estimate of drug-likeness (QED) is 0.314. The van der Waals surface area contributed by atoms with Crippen LogP contribution in [0.2, 0.25) is 0 Å². The van der Waals surface area contributed by atoms with Crippen molar-refractivity contribution in [2.75, 3.05) is 20.1 Å². The third kappa shape index (κ3) is 4.11. The van der Waals surface area contributed by atoms with Crippen LogP contribution >= 0.6 is 0 Å². The molecule has 1 aliphatic rings. The van der Waals surface area contributed by atoms with Crippen molar-refractivity contribution in [3.8, 4) is 11.1 Å². The van der Waals surface area contributed by atoms with Gasteiger partial charge in [0.15, 0.2) is 0 Å². The third-order valence-electron chi connectivity index (χ3n) is 7.47. The second-order valence-electron chi connectivity index (χ2n) is 10.1. The SMILES string of the molecule is CNC(=O)c1cc(-c2c(C)noc2C)cc2c1c1cc(C(=O)N3CC(F)C3)ccc1n2Cc1ccc(F)cc1F. The van der Waals surface area contributed by atoms with Crippen molar-refractivity contribution in [1.82, 2.24) is 19.9 Å². The Morgan fingerprint density at radius 2 is 1.82 bits per heavy atom. The van der Waals surface area contributed by atoms with Crippen LogP contribution in [-0.2, 0) is 6.54 Å². The van der Waals surface area contributed by atoms with Gasteiger partial charge in [-0.05, 0) is 55.8 Å². The van der Waals surface area contributed by atoms with Crippen molar-refractivity contribution in [2.24, 2.45) is 0 Å². The standard InChI is InChI=1S/C30H25F3N4O3/c1-15-27(16(2)40-35-15)19-9-23(29(38)34-3)28-22-8-17(30(39)36-13-21(32)14-36)5-7-25(22)37(26(28)10-19)12-18-4-6-20(31)11-24(18)33/h4-11,21H,12-14H2,1-3H3,(H,34,38). The minimum atomic E-state index is -1.04. The second-order valence-corrected chi connectivity index (χ2v) is 10.1. The molecule has 1 saturated heterocycles. The summed E-state index contributed by atoms with van der Waals surface area (Å²) in [4.78, 5) is 27.7. The van der Waals surface area contributed by atoms with Gasteiger partial charge in [-0.2, -0.15) is 0 Å². The van der Waals surface area contributed by atoms with E-state index in [2.05, 4.69) is 10.5 Å². The molecule has 1 N–H and O–H groups in total. The number of halogens is 3. The van der Waals surface area contributed by atoms with Crippen molar-refractivity contribution >= 4 is 33.6 Å². The normalized spacial score (nSPS) is 13.7. The molecule has 0 saturated carbocycles. The molecule has 5 aromatic rings. The number of rotatable bonds is 5. The summed E-state index contributed by atoms with van der Waals surface area (Å²) in [5.41, 5.74) is 4.23. The molecular weight excluding hydrogens is 521 g/mol. The number of amides is 2. The van der Waals surface area contributed by atoms with Gasteiger partial charge in [0, 0.05) is 51.7 Å². The molecule has 0 atom stereocenters. The molecule has 0 unspecified atom stereocenters. The molecule has 3 aromatic carbocycles. The van der Waals surface area contributed by atoms with Crippen LogP contribution in [0.4, 0.5) is 13.2 Å². The summed E-state index contributed by atoms with van der Waals surface area (Å²) >= 11 is 0. The molecule has 1 fully saturated rings. The zero-order chi connectivity index (χ0) is 28.3. The monoisotopic (exact) mass is 546 g/mol. The van der Waals surface area contributed by atoms with Crippen molar-refractivity contribution < 1.29 is 27.3 Å². The average Bonchev–Trinajstić information content (AvgIpc) is 3.42.